The number of fused-ring (bicyclic) bond motifs is 1. The molecule has 2 aromatic carbocycles. The van der Waals surface area contributed by atoms with Crippen molar-refractivity contribution in [3.63, 3.8) is 0 Å². The first-order valence-corrected chi connectivity index (χ1v) is 6.88. The summed E-state index contributed by atoms with van der Waals surface area (Å²) in [6.07, 6.45) is 0. The van der Waals surface area contributed by atoms with Gasteiger partial charge in [-0.1, -0.05) is 34.8 Å². The summed E-state index contributed by atoms with van der Waals surface area (Å²) in [4.78, 5) is 15.2. The van der Waals surface area contributed by atoms with Crippen molar-refractivity contribution in [1.29, 1.82) is 0 Å². The van der Waals surface area contributed by atoms with Gasteiger partial charge < -0.3 is 9.52 Å². The van der Waals surface area contributed by atoms with E-state index in [1.54, 1.807) is 18.2 Å². The van der Waals surface area contributed by atoms with Crippen LogP contribution in [0.25, 0.3) is 22.6 Å². The molecule has 0 fully saturated rings. The predicted molar refractivity (Wildman–Crippen MR) is 81.4 cm³/mol. The van der Waals surface area contributed by atoms with Gasteiger partial charge in [0.25, 0.3) is 0 Å². The van der Waals surface area contributed by atoms with Gasteiger partial charge in [-0.25, -0.2) is 9.78 Å². The predicted octanol–water partition coefficient (Wildman–Crippen LogP) is 5.15. The van der Waals surface area contributed by atoms with Gasteiger partial charge in [0.2, 0.25) is 5.89 Å². The number of carbonyl (C=O) groups is 1. The SMILES string of the molecule is O=C(O)c1ccc2oc(-c3cc(Cl)c(Cl)c(Cl)c3)nc2c1. The van der Waals surface area contributed by atoms with Crippen molar-refractivity contribution in [3.05, 3.63) is 51.0 Å². The van der Waals surface area contributed by atoms with E-state index in [0.717, 1.165) is 0 Å². The van der Waals surface area contributed by atoms with Crippen LogP contribution in [-0.4, -0.2) is 16.1 Å². The molecule has 3 rings (SSSR count). The summed E-state index contributed by atoms with van der Waals surface area (Å²) >= 11 is 17.8. The summed E-state index contributed by atoms with van der Waals surface area (Å²) in [5.74, 6) is -0.743. The summed E-state index contributed by atoms with van der Waals surface area (Å²) < 4.78 is 5.57. The Morgan fingerprint density at radius 2 is 1.76 bits per heavy atom. The molecule has 4 nitrogen and oxygen atoms in total. The molecular weight excluding hydrogens is 337 g/mol. The topological polar surface area (TPSA) is 63.3 Å². The Morgan fingerprint density at radius 1 is 1.10 bits per heavy atom. The molecule has 0 unspecified atom stereocenters. The molecule has 1 N–H and O–H groups in total. The fourth-order valence-corrected chi connectivity index (χ4v) is 2.46. The van der Waals surface area contributed by atoms with Gasteiger partial charge in [0.1, 0.15) is 5.52 Å². The molecule has 0 saturated heterocycles. The third-order valence-electron chi connectivity index (χ3n) is 2.87. The van der Waals surface area contributed by atoms with Gasteiger partial charge in [0.15, 0.2) is 5.58 Å². The number of oxazole rings is 1. The van der Waals surface area contributed by atoms with Crippen LogP contribution in [0, 0.1) is 0 Å². The van der Waals surface area contributed by atoms with Gasteiger partial charge in [-0.3, -0.25) is 0 Å². The van der Waals surface area contributed by atoms with Gasteiger partial charge in [-0.05, 0) is 30.3 Å². The third-order valence-corrected chi connectivity index (χ3v) is 4.06. The number of rotatable bonds is 2. The Labute approximate surface area is 133 Å². The van der Waals surface area contributed by atoms with Crippen LogP contribution in [0.4, 0.5) is 0 Å². The van der Waals surface area contributed by atoms with Crippen LogP contribution in [0.3, 0.4) is 0 Å². The lowest BCUT2D eigenvalue weighted by molar-refractivity contribution is 0.0697. The van der Waals surface area contributed by atoms with E-state index in [0.29, 0.717) is 16.7 Å². The molecule has 21 heavy (non-hydrogen) atoms. The number of benzene rings is 2. The first kappa shape index (κ1) is 14.2. The second-order valence-corrected chi connectivity index (χ2v) is 5.45. The maximum Gasteiger partial charge on any atom is 0.335 e. The number of carboxylic acids is 1. The normalized spacial score (nSPS) is 11.0. The molecule has 0 amide bonds. The van der Waals surface area contributed by atoms with E-state index < -0.39 is 5.97 Å². The average molecular weight is 343 g/mol. The average Bonchev–Trinajstić information content (AvgIpc) is 2.86. The van der Waals surface area contributed by atoms with Crippen molar-refractivity contribution in [2.45, 2.75) is 0 Å². The second-order valence-electron chi connectivity index (χ2n) is 4.26. The van der Waals surface area contributed by atoms with Crippen molar-refractivity contribution >= 4 is 51.9 Å². The largest absolute Gasteiger partial charge is 0.478 e. The number of halogens is 3. The lowest BCUT2D eigenvalue weighted by atomic mass is 10.2. The Kier molecular flexibility index (Phi) is 3.53. The lowest BCUT2D eigenvalue weighted by Crippen LogP contribution is -1.94. The van der Waals surface area contributed by atoms with Crippen LogP contribution >= 0.6 is 34.8 Å². The van der Waals surface area contributed by atoms with Crippen LogP contribution < -0.4 is 0 Å². The van der Waals surface area contributed by atoms with E-state index in [-0.39, 0.29) is 26.5 Å². The van der Waals surface area contributed by atoms with Crippen LogP contribution in [0.5, 0.6) is 0 Å². The van der Waals surface area contributed by atoms with Crippen LogP contribution in [0.2, 0.25) is 15.1 Å². The van der Waals surface area contributed by atoms with E-state index in [1.165, 1.54) is 12.1 Å². The Morgan fingerprint density at radius 3 is 2.38 bits per heavy atom. The van der Waals surface area contributed by atoms with Crippen molar-refractivity contribution in [1.82, 2.24) is 4.98 Å². The first-order chi connectivity index (χ1) is 9.95. The molecule has 0 saturated carbocycles. The maximum atomic E-state index is 10.9. The highest BCUT2D eigenvalue weighted by Gasteiger charge is 2.14. The minimum atomic E-state index is -1.03. The molecule has 0 aliphatic rings. The molecule has 0 aliphatic heterocycles. The molecule has 0 bridgehead atoms. The van der Waals surface area contributed by atoms with Crippen LogP contribution in [0.1, 0.15) is 10.4 Å². The van der Waals surface area contributed by atoms with Crippen molar-refractivity contribution in [2.24, 2.45) is 0 Å². The van der Waals surface area contributed by atoms with Crippen molar-refractivity contribution in [2.75, 3.05) is 0 Å². The molecule has 1 aromatic heterocycles. The molecule has 0 radical (unpaired) electrons. The minimum absolute atomic E-state index is 0.134. The highest BCUT2D eigenvalue weighted by molar-refractivity contribution is 6.48. The van der Waals surface area contributed by atoms with Crippen molar-refractivity contribution in [3.8, 4) is 11.5 Å². The number of nitrogens with zero attached hydrogens (tertiary/aromatic N) is 1. The lowest BCUT2D eigenvalue weighted by Gasteiger charge is -2.01. The Hall–Kier alpha value is -1.75. The Balaban J connectivity index is 2.15. The number of hydrogen-bond acceptors (Lipinski definition) is 3. The van der Waals surface area contributed by atoms with Gasteiger partial charge in [-0.2, -0.15) is 0 Å². The van der Waals surface area contributed by atoms with Crippen LogP contribution in [0.15, 0.2) is 34.7 Å². The Bertz CT molecular complexity index is 850. The zero-order chi connectivity index (χ0) is 15.1. The summed E-state index contributed by atoms with van der Waals surface area (Å²) in [5, 5.41) is 9.79. The van der Waals surface area contributed by atoms with Gasteiger partial charge in [0, 0.05) is 5.56 Å². The standard InChI is InChI=1S/C14H6Cl3NO3/c15-8-3-7(4-9(16)12(8)17)13-18-10-5-6(14(19)20)1-2-11(10)21-13/h1-5H,(H,19,20). The maximum absolute atomic E-state index is 10.9. The first-order valence-electron chi connectivity index (χ1n) is 5.74. The molecule has 0 spiro atoms. The number of aromatic nitrogens is 1. The second kappa shape index (κ2) is 5.22. The van der Waals surface area contributed by atoms with Gasteiger partial charge in [0.05, 0.1) is 20.6 Å². The van der Waals surface area contributed by atoms with Gasteiger partial charge >= 0.3 is 5.97 Å². The number of carboxylic acid groups (broad SMARTS) is 1. The fraction of sp³-hybridized carbons (Fsp3) is 0. The molecular formula is C14H6Cl3NO3. The molecule has 0 atom stereocenters. The summed E-state index contributed by atoms with van der Waals surface area (Å²) in [7, 11) is 0. The zero-order valence-electron chi connectivity index (χ0n) is 10.2. The van der Waals surface area contributed by atoms with E-state index in [9.17, 15) is 4.79 Å². The summed E-state index contributed by atoms with van der Waals surface area (Å²) in [6, 6.07) is 7.59. The highest BCUT2D eigenvalue weighted by Crippen LogP contribution is 2.35. The molecule has 3 aromatic rings. The highest BCUT2D eigenvalue weighted by atomic mass is 35.5. The van der Waals surface area contributed by atoms with E-state index in [1.807, 2.05) is 0 Å². The van der Waals surface area contributed by atoms with Crippen LogP contribution in [-0.2, 0) is 0 Å². The third kappa shape index (κ3) is 2.58. The smallest absolute Gasteiger partial charge is 0.335 e. The molecule has 1 heterocycles. The summed E-state index contributed by atoms with van der Waals surface area (Å²) in [5.41, 5.74) is 1.60. The fourth-order valence-electron chi connectivity index (χ4n) is 1.86. The quantitative estimate of drug-likeness (QED) is 0.654. The van der Waals surface area contributed by atoms with E-state index in [2.05, 4.69) is 4.98 Å². The molecule has 106 valence electrons. The van der Waals surface area contributed by atoms with Crippen molar-refractivity contribution < 1.29 is 14.3 Å². The molecule has 7 heteroatoms. The number of hydrogen-bond donors (Lipinski definition) is 1. The monoisotopic (exact) mass is 341 g/mol. The van der Waals surface area contributed by atoms with Gasteiger partial charge in [-0.15, -0.1) is 0 Å². The molecule has 0 aliphatic carbocycles. The zero-order valence-corrected chi connectivity index (χ0v) is 12.5. The summed E-state index contributed by atoms with van der Waals surface area (Å²) in [6.45, 7) is 0. The van der Waals surface area contributed by atoms with E-state index in [4.69, 9.17) is 44.3 Å². The minimum Gasteiger partial charge on any atom is -0.478 e. The number of aromatic carboxylic acids is 1. The van der Waals surface area contributed by atoms with E-state index >= 15 is 0 Å².